The van der Waals surface area contributed by atoms with E-state index < -0.39 is 0 Å². The molecule has 1 aliphatic heterocycles. The third-order valence-electron chi connectivity index (χ3n) is 6.42. The number of fused-ring (bicyclic) bond motifs is 1. The average Bonchev–Trinajstić information content (AvgIpc) is 2.54. The van der Waals surface area contributed by atoms with Crippen LogP contribution < -0.4 is 10.6 Å². The molecule has 0 aromatic rings. The number of carbonyl (C=O) groups excluding carboxylic acids is 1. The van der Waals surface area contributed by atoms with Crippen molar-refractivity contribution < 1.29 is 9.90 Å². The van der Waals surface area contributed by atoms with E-state index in [4.69, 9.17) is 0 Å². The summed E-state index contributed by atoms with van der Waals surface area (Å²) in [5, 5.41) is 17.4. The minimum Gasteiger partial charge on any atom is -0.393 e. The first kappa shape index (κ1) is 16.3. The standard InChI is InChI=1S/C18H32N2O2/c1-12(21)20-18(14-8-10-19-11-9-14)17-15-5-3-2-4-13(15)6-7-16(17)22/h13-19,22H,2-11H2,1H3,(H,20,21). The number of rotatable bonds is 3. The van der Waals surface area contributed by atoms with E-state index in [2.05, 4.69) is 10.6 Å². The van der Waals surface area contributed by atoms with E-state index in [-0.39, 0.29) is 24.0 Å². The molecule has 3 rings (SSSR count). The van der Waals surface area contributed by atoms with Gasteiger partial charge in [0.15, 0.2) is 0 Å². The van der Waals surface area contributed by atoms with Gasteiger partial charge in [0, 0.05) is 18.9 Å². The molecule has 0 bridgehead atoms. The Kier molecular flexibility index (Phi) is 5.40. The molecule has 2 saturated carbocycles. The second-order valence-corrected chi connectivity index (χ2v) is 7.74. The molecule has 3 fully saturated rings. The van der Waals surface area contributed by atoms with Crippen molar-refractivity contribution in [2.45, 2.75) is 70.4 Å². The van der Waals surface area contributed by atoms with Gasteiger partial charge in [0.05, 0.1) is 6.10 Å². The fourth-order valence-corrected chi connectivity index (χ4v) is 5.44. The van der Waals surface area contributed by atoms with Crippen molar-refractivity contribution in [1.29, 1.82) is 0 Å². The van der Waals surface area contributed by atoms with Gasteiger partial charge < -0.3 is 15.7 Å². The lowest BCUT2D eigenvalue weighted by molar-refractivity contribution is -0.122. The lowest BCUT2D eigenvalue weighted by Crippen LogP contribution is -2.56. The predicted molar refractivity (Wildman–Crippen MR) is 87.4 cm³/mol. The number of piperidine rings is 1. The molecule has 4 heteroatoms. The smallest absolute Gasteiger partial charge is 0.217 e. The Labute approximate surface area is 134 Å². The van der Waals surface area contributed by atoms with Crippen LogP contribution in [0.15, 0.2) is 0 Å². The van der Waals surface area contributed by atoms with Crippen LogP contribution in [-0.4, -0.2) is 36.2 Å². The normalized spacial score (nSPS) is 38.1. The van der Waals surface area contributed by atoms with Gasteiger partial charge in [-0.3, -0.25) is 4.79 Å². The summed E-state index contributed by atoms with van der Waals surface area (Å²) in [7, 11) is 0. The quantitative estimate of drug-likeness (QED) is 0.748. The molecule has 1 heterocycles. The van der Waals surface area contributed by atoms with Crippen molar-refractivity contribution in [3.05, 3.63) is 0 Å². The summed E-state index contributed by atoms with van der Waals surface area (Å²) >= 11 is 0. The second-order valence-electron chi connectivity index (χ2n) is 7.74. The van der Waals surface area contributed by atoms with Gasteiger partial charge in [-0.25, -0.2) is 0 Å². The molecule has 3 N–H and O–H groups in total. The summed E-state index contributed by atoms with van der Waals surface area (Å²) in [6, 6.07) is 0.167. The van der Waals surface area contributed by atoms with Gasteiger partial charge >= 0.3 is 0 Å². The number of nitrogens with one attached hydrogen (secondary N) is 2. The largest absolute Gasteiger partial charge is 0.393 e. The summed E-state index contributed by atoms with van der Waals surface area (Å²) in [5.41, 5.74) is 0. The molecule has 5 unspecified atom stereocenters. The first-order valence-corrected chi connectivity index (χ1v) is 9.32. The van der Waals surface area contributed by atoms with Gasteiger partial charge in [-0.2, -0.15) is 0 Å². The van der Waals surface area contributed by atoms with Crippen LogP contribution in [0.25, 0.3) is 0 Å². The van der Waals surface area contributed by atoms with Gasteiger partial charge in [-0.1, -0.05) is 19.3 Å². The van der Waals surface area contributed by atoms with Crippen molar-refractivity contribution in [3.63, 3.8) is 0 Å². The minimum atomic E-state index is -0.230. The topological polar surface area (TPSA) is 61.4 Å². The fraction of sp³-hybridized carbons (Fsp3) is 0.944. The van der Waals surface area contributed by atoms with Gasteiger partial charge in [-0.15, -0.1) is 0 Å². The minimum absolute atomic E-state index is 0.0636. The van der Waals surface area contributed by atoms with E-state index in [1.165, 1.54) is 32.1 Å². The molecule has 1 saturated heterocycles. The number of amides is 1. The summed E-state index contributed by atoms with van der Waals surface area (Å²) in [5.74, 6) is 2.24. The van der Waals surface area contributed by atoms with Crippen molar-refractivity contribution >= 4 is 5.91 Å². The maximum atomic E-state index is 11.8. The van der Waals surface area contributed by atoms with Crippen LogP contribution in [-0.2, 0) is 4.79 Å². The zero-order chi connectivity index (χ0) is 15.5. The molecule has 22 heavy (non-hydrogen) atoms. The van der Waals surface area contributed by atoms with E-state index in [0.29, 0.717) is 11.8 Å². The van der Waals surface area contributed by atoms with Crippen LogP contribution in [0.5, 0.6) is 0 Å². The zero-order valence-electron chi connectivity index (χ0n) is 13.9. The molecule has 0 aromatic heterocycles. The Bertz CT molecular complexity index is 381. The lowest BCUT2D eigenvalue weighted by Gasteiger charge is -2.49. The summed E-state index contributed by atoms with van der Waals surface area (Å²) in [4.78, 5) is 11.8. The van der Waals surface area contributed by atoms with E-state index in [1.54, 1.807) is 6.92 Å². The molecular weight excluding hydrogens is 276 g/mol. The maximum Gasteiger partial charge on any atom is 0.217 e. The Balaban J connectivity index is 1.80. The molecule has 0 spiro atoms. The Hall–Kier alpha value is -0.610. The van der Waals surface area contributed by atoms with Gasteiger partial charge in [-0.05, 0) is 62.9 Å². The predicted octanol–water partition coefficient (Wildman–Crippen LogP) is 2.07. The number of hydrogen-bond donors (Lipinski definition) is 3. The SMILES string of the molecule is CC(=O)NC(C1CCNCC1)C1C(O)CCC2CCCCC21. The highest BCUT2D eigenvalue weighted by Crippen LogP contribution is 2.46. The van der Waals surface area contributed by atoms with E-state index in [0.717, 1.165) is 38.3 Å². The number of aliphatic hydroxyl groups is 1. The molecule has 1 amide bonds. The molecule has 2 aliphatic carbocycles. The van der Waals surface area contributed by atoms with Crippen LogP contribution >= 0.6 is 0 Å². The third-order valence-corrected chi connectivity index (χ3v) is 6.42. The molecule has 3 aliphatic rings. The van der Waals surface area contributed by atoms with Crippen LogP contribution in [0, 0.1) is 23.7 Å². The Morgan fingerprint density at radius 3 is 2.55 bits per heavy atom. The second kappa shape index (κ2) is 7.31. The highest BCUT2D eigenvalue weighted by atomic mass is 16.3. The van der Waals surface area contributed by atoms with Crippen molar-refractivity contribution in [2.75, 3.05) is 13.1 Å². The van der Waals surface area contributed by atoms with E-state index in [9.17, 15) is 9.90 Å². The van der Waals surface area contributed by atoms with E-state index in [1.807, 2.05) is 0 Å². The monoisotopic (exact) mass is 308 g/mol. The first-order chi connectivity index (χ1) is 10.7. The molecule has 126 valence electrons. The molecule has 4 nitrogen and oxygen atoms in total. The number of aliphatic hydroxyl groups excluding tert-OH is 1. The number of carbonyl (C=O) groups is 1. The Morgan fingerprint density at radius 1 is 1.09 bits per heavy atom. The highest BCUT2D eigenvalue weighted by molar-refractivity contribution is 5.73. The lowest BCUT2D eigenvalue weighted by atomic mass is 9.60. The first-order valence-electron chi connectivity index (χ1n) is 9.32. The highest BCUT2D eigenvalue weighted by Gasteiger charge is 2.45. The van der Waals surface area contributed by atoms with Gasteiger partial charge in [0.1, 0.15) is 0 Å². The van der Waals surface area contributed by atoms with Crippen molar-refractivity contribution in [1.82, 2.24) is 10.6 Å². The summed E-state index contributed by atoms with van der Waals surface area (Å²) in [6.45, 7) is 3.71. The van der Waals surface area contributed by atoms with Crippen LogP contribution in [0.3, 0.4) is 0 Å². The van der Waals surface area contributed by atoms with Gasteiger partial charge in [0.2, 0.25) is 5.91 Å². The third kappa shape index (κ3) is 3.48. The van der Waals surface area contributed by atoms with Crippen LogP contribution in [0.1, 0.15) is 58.3 Å². The summed E-state index contributed by atoms with van der Waals surface area (Å²) < 4.78 is 0. The maximum absolute atomic E-state index is 11.8. The Morgan fingerprint density at radius 2 is 1.82 bits per heavy atom. The average molecular weight is 308 g/mol. The molecule has 0 aromatic carbocycles. The molecular formula is C18H32N2O2. The van der Waals surface area contributed by atoms with Crippen molar-refractivity contribution in [2.24, 2.45) is 23.7 Å². The van der Waals surface area contributed by atoms with Crippen LogP contribution in [0.2, 0.25) is 0 Å². The molecule has 0 radical (unpaired) electrons. The summed E-state index contributed by atoms with van der Waals surface area (Å²) in [6.07, 6.45) is 9.32. The van der Waals surface area contributed by atoms with E-state index >= 15 is 0 Å². The molecule has 5 atom stereocenters. The van der Waals surface area contributed by atoms with Gasteiger partial charge in [0.25, 0.3) is 0 Å². The number of hydrogen-bond acceptors (Lipinski definition) is 3. The zero-order valence-corrected chi connectivity index (χ0v) is 13.9. The van der Waals surface area contributed by atoms with Crippen LogP contribution in [0.4, 0.5) is 0 Å². The van der Waals surface area contributed by atoms with Crippen molar-refractivity contribution in [3.8, 4) is 0 Å². The fourth-order valence-electron chi connectivity index (χ4n) is 5.44.